The van der Waals surface area contributed by atoms with Gasteiger partial charge in [-0.2, -0.15) is 18.2 Å². The molecule has 0 atom stereocenters. The van der Waals surface area contributed by atoms with E-state index in [-0.39, 0.29) is 12.2 Å². The number of imidazole rings is 1. The third-order valence-corrected chi connectivity index (χ3v) is 2.81. The van der Waals surface area contributed by atoms with Gasteiger partial charge in [0.2, 0.25) is 0 Å². The standard InChI is InChI=1S/C12H9F3N4O/c13-12(14,15)11-17-10(18-20-11)5-6-19-7-16-8-3-1-2-4-9(8)19/h1-4,7H,5-6H2. The molecule has 3 rings (SSSR count). The van der Waals surface area contributed by atoms with Crippen molar-refractivity contribution < 1.29 is 17.7 Å². The molecule has 0 aliphatic heterocycles. The van der Waals surface area contributed by atoms with Gasteiger partial charge in [-0.1, -0.05) is 17.3 Å². The zero-order chi connectivity index (χ0) is 14.2. The van der Waals surface area contributed by atoms with Crippen LogP contribution in [0, 0.1) is 0 Å². The van der Waals surface area contributed by atoms with Gasteiger partial charge in [0.25, 0.3) is 0 Å². The number of alkyl halides is 3. The Morgan fingerprint density at radius 3 is 2.75 bits per heavy atom. The van der Waals surface area contributed by atoms with E-state index in [1.165, 1.54) is 0 Å². The maximum Gasteiger partial charge on any atom is 0.471 e. The van der Waals surface area contributed by atoms with Gasteiger partial charge in [-0.25, -0.2) is 4.98 Å². The highest BCUT2D eigenvalue weighted by molar-refractivity contribution is 5.74. The van der Waals surface area contributed by atoms with Crippen molar-refractivity contribution in [2.45, 2.75) is 19.1 Å². The highest BCUT2D eigenvalue weighted by atomic mass is 19.4. The van der Waals surface area contributed by atoms with Crippen molar-refractivity contribution in [2.24, 2.45) is 0 Å². The third-order valence-electron chi connectivity index (χ3n) is 2.81. The smallest absolute Gasteiger partial charge is 0.330 e. The molecule has 0 saturated carbocycles. The van der Waals surface area contributed by atoms with E-state index in [0.717, 1.165) is 11.0 Å². The molecular weight excluding hydrogens is 273 g/mol. The second-order valence-corrected chi connectivity index (χ2v) is 4.19. The van der Waals surface area contributed by atoms with E-state index in [1.54, 1.807) is 6.33 Å². The van der Waals surface area contributed by atoms with Crippen LogP contribution < -0.4 is 0 Å². The molecule has 0 unspecified atom stereocenters. The minimum Gasteiger partial charge on any atom is -0.330 e. The summed E-state index contributed by atoms with van der Waals surface area (Å²) < 4.78 is 42.9. The summed E-state index contributed by atoms with van der Waals surface area (Å²) in [6.45, 7) is 0.428. The Bertz CT molecular complexity index is 731. The molecule has 0 saturated heterocycles. The number of halogens is 3. The number of aromatic nitrogens is 4. The van der Waals surface area contributed by atoms with Crippen LogP contribution >= 0.6 is 0 Å². The quantitative estimate of drug-likeness (QED) is 0.741. The molecule has 3 aromatic rings. The summed E-state index contributed by atoms with van der Waals surface area (Å²) in [6.07, 6.45) is -2.73. The normalized spacial score (nSPS) is 12.2. The SMILES string of the molecule is FC(F)(F)c1nc(CCn2cnc3ccccc32)no1. The fourth-order valence-electron chi connectivity index (χ4n) is 1.88. The van der Waals surface area contributed by atoms with E-state index in [9.17, 15) is 13.2 Å². The van der Waals surface area contributed by atoms with E-state index in [1.807, 2.05) is 28.8 Å². The minimum atomic E-state index is -4.60. The van der Waals surface area contributed by atoms with Crippen molar-refractivity contribution >= 4 is 11.0 Å². The van der Waals surface area contributed by atoms with Crippen molar-refractivity contribution in [1.29, 1.82) is 0 Å². The highest BCUT2D eigenvalue weighted by Gasteiger charge is 2.38. The molecule has 0 spiro atoms. The van der Waals surface area contributed by atoms with E-state index >= 15 is 0 Å². The van der Waals surface area contributed by atoms with Gasteiger partial charge >= 0.3 is 12.1 Å². The zero-order valence-corrected chi connectivity index (χ0v) is 10.1. The fraction of sp³-hybridized carbons (Fsp3) is 0.250. The lowest BCUT2D eigenvalue weighted by atomic mass is 10.3. The summed E-state index contributed by atoms with van der Waals surface area (Å²) in [6, 6.07) is 7.49. The monoisotopic (exact) mass is 282 g/mol. The molecule has 0 fully saturated rings. The molecule has 1 aromatic carbocycles. The van der Waals surface area contributed by atoms with Crippen LogP contribution in [0.25, 0.3) is 11.0 Å². The predicted octanol–water partition coefficient (Wildman–Crippen LogP) is 2.68. The van der Waals surface area contributed by atoms with Gasteiger partial charge in [0, 0.05) is 13.0 Å². The largest absolute Gasteiger partial charge is 0.471 e. The van der Waals surface area contributed by atoms with Crippen molar-refractivity contribution in [2.75, 3.05) is 0 Å². The molecule has 2 aromatic heterocycles. The summed E-state index contributed by atoms with van der Waals surface area (Å²) in [4.78, 5) is 7.52. The maximum atomic E-state index is 12.3. The van der Waals surface area contributed by atoms with Crippen molar-refractivity contribution in [3.05, 3.63) is 42.3 Å². The molecule has 0 amide bonds. The number of nitrogens with zero attached hydrogens (tertiary/aromatic N) is 4. The van der Waals surface area contributed by atoms with Gasteiger partial charge in [-0.3, -0.25) is 0 Å². The number of rotatable bonds is 3. The summed E-state index contributed by atoms with van der Waals surface area (Å²) in [7, 11) is 0. The highest BCUT2D eigenvalue weighted by Crippen LogP contribution is 2.27. The molecule has 0 aliphatic carbocycles. The maximum absolute atomic E-state index is 12.3. The molecule has 0 radical (unpaired) electrons. The Morgan fingerprint density at radius 2 is 2.00 bits per heavy atom. The molecule has 0 N–H and O–H groups in total. The number of para-hydroxylation sites is 2. The number of benzene rings is 1. The Kier molecular flexibility index (Phi) is 2.92. The molecule has 5 nitrogen and oxygen atoms in total. The summed E-state index contributed by atoms with van der Waals surface area (Å²) in [5.74, 6) is -1.29. The van der Waals surface area contributed by atoms with Gasteiger partial charge in [-0.05, 0) is 12.1 Å². The van der Waals surface area contributed by atoms with Gasteiger partial charge in [0.15, 0.2) is 5.82 Å². The molecule has 104 valence electrons. The molecule has 20 heavy (non-hydrogen) atoms. The first-order valence-electron chi connectivity index (χ1n) is 5.84. The Morgan fingerprint density at radius 1 is 1.20 bits per heavy atom. The summed E-state index contributed by atoms with van der Waals surface area (Å²) in [5, 5.41) is 3.32. The van der Waals surface area contributed by atoms with E-state index in [4.69, 9.17) is 0 Å². The average molecular weight is 282 g/mol. The first-order chi connectivity index (χ1) is 9.54. The van der Waals surface area contributed by atoms with Crippen molar-refractivity contribution in [1.82, 2.24) is 19.7 Å². The van der Waals surface area contributed by atoms with E-state index in [0.29, 0.717) is 6.54 Å². The fourth-order valence-corrected chi connectivity index (χ4v) is 1.88. The van der Waals surface area contributed by atoms with E-state index in [2.05, 4.69) is 19.6 Å². The molecule has 0 bridgehead atoms. The second-order valence-electron chi connectivity index (χ2n) is 4.19. The van der Waals surface area contributed by atoms with Crippen LogP contribution in [-0.4, -0.2) is 19.7 Å². The molecular formula is C12H9F3N4O. The Hall–Kier alpha value is -2.38. The van der Waals surface area contributed by atoms with Crippen LogP contribution in [0.3, 0.4) is 0 Å². The van der Waals surface area contributed by atoms with Crippen LogP contribution in [0.5, 0.6) is 0 Å². The van der Waals surface area contributed by atoms with Crippen LogP contribution in [0.4, 0.5) is 13.2 Å². The summed E-state index contributed by atoms with van der Waals surface area (Å²) in [5.41, 5.74) is 1.74. The molecule has 0 aliphatic rings. The molecule has 2 heterocycles. The number of aryl methyl sites for hydroxylation is 2. The second kappa shape index (κ2) is 4.62. The van der Waals surface area contributed by atoms with Gasteiger partial charge in [0.1, 0.15) is 0 Å². The van der Waals surface area contributed by atoms with Crippen LogP contribution in [0.1, 0.15) is 11.7 Å². The zero-order valence-electron chi connectivity index (χ0n) is 10.1. The van der Waals surface area contributed by atoms with Gasteiger partial charge in [0.05, 0.1) is 17.4 Å². The topological polar surface area (TPSA) is 56.7 Å². The van der Waals surface area contributed by atoms with E-state index < -0.39 is 12.1 Å². The molecule has 8 heteroatoms. The lowest BCUT2D eigenvalue weighted by Crippen LogP contribution is -2.06. The summed E-state index contributed by atoms with van der Waals surface area (Å²) >= 11 is 0. The van der Waals surface area contributed by atoms with Gasteiger partial charge in [-0.15, -0.1) is 0 Å². The van der Waals surface area contributed by atoms with Gasteiger partial charge < -0.3 is 9.09 Å². The lowest BCUT2D eigenvalue weighted by Gasteiger charge is -2.01. The Labute approximate surface area is 111 Å². The predicted molar refractivity (Wildman–Crippen MR) is 62.7 cm³/mol. The number of hydrogen-bond acceptors (Lipinski definition) is 4. The Balaban J connectivity index is 1.75. The van der Waals surface area contributed by atoms with Crippen molar-refractivity contribution in [3.8, 4) is 0 Å². The number of hydrogen-bond donors (Lipinski definition) is 0. The van der Waals surface area contributed by atoms with Crippen LogP contribution in [0.15, 0.2) is 35.1 Å². The minimum absolute atomic E-state index is 0.0232. The average Bonchev–Trinajstić information content (AvgIpc) is 3.02. The van der Waals surface area contributed by atoms with Crippen molar-refractivity contribution in [3.63, 3.8) is 0 Å². The number of fused-ring (bicyclic) bond motifs is 1. The first kappa shape index (κ1) is 12.6. The third kappa shape index (κ3) is 2.36. The first-order valence-corrected chi connectivity index (χ1v) is 5.84. The van der Waals surface area contributed by atoms with Crippen LogP contribution in [-0.2, 0) is 19.1 Å². The van der Waals surface area contributed by atoms with Crippen LogP contribution in [0.2, 0.25) is 0 Å². The lowest BCUT2D eigenvalue weighted by molar-refractivity contribution is -0.159.